The van der Waals surface area contributed by atoms with Crippen molar-refractivity contribution in [1.29, 1.82) is 0 Å². The Labute approximate surface area is 111 Å². The maximum absolute atomic E-state index is 12.3. The molecule has 0 saturated heterocycles. The minimum absolute atomic E-state index is 0.101. The van der Waals surface area contributed by atoms with Crippen LogP contribution in [0.15, 0.2) is 24.3 Å². The molecule has 2 N–H and O–H groups in total. The number of amides is 1. The SMILES string of the molecule is CC(=O)NCCNC(C)c1ccccc1OC(F)F. The number of rotatable bonds is 7. The Morgan fingerprint density at radius 1 is 1.32 bits per heavy atom. The topological polar surface area (TPSA) is 50.4 Å². The minimum Gasteiger partial charge on any atom is -0.434 e. The molecule has 0 heterocycles. The van der Waals surface area contributed by atoms with Gasteiger partial charge in [-0.15, -0.1) is 0 Å². The number of nitrogens with one attached hydrogen (secondary N) is 2. The molecule has 4 nitrogen and oxygen atoms in total. The molecule has 1 aromatic carbocycles. The van der Waals surface area contributed by atoms with Crippen molar-refractivity contribution >= 4 is 5.91 Å². The van der Waals surface area contributed by atoms with Crippen LogP contribution >= 0.6 is 0 Å². The van der Waals surface area contributed by atoms with Crippen LogP contribution in [-0.2, 0) is 4.79 Å². The second-order valence-electron chi connectivity index (χ2n) is 4.08. The molecular weight excluding hydrogens is 254 g/mol. The van der Waals surface area contributed by atoms with Crippen molar-refractivity contribution in [1.82, 2.24) is 10.6 Å². The van der Waals surface area contributed by atoms with Crippen molar-refractivity contribution < 1.29 is 18.3 Å². The number of hydrogen-bond donors (Lipinski definition) is 2. The average molecular weight is 272 g/mol. The maximum Gasteiger partial charge on any atom is 0.387 e. The summed E-state index contributed by atoms with van der Waals surface area (Å²) in [4.78, 5) is 10.7. The van der Waals surface area contributed by atoms with Crippen molar-refractivity contribution in [3.8, 4) is 5.75 Å². The van der Waals surface area contributed by atoms with Crippen LogP contribution in [0.3, 0.4) is 0 Å². The van der Waals surface area contributed by atoms with Crippen molar-refractivity contribution in [3.63, 3.8) is 0 Å². The molecule has 6 heteroatoms. The van der Waals surface area contributed by atoms with E-state index in [4.69, 9.17) is 0 Å². The second kappa shape index (κ2) is 7.68. The Morgan fingerprint density at radius 2 is 2.00 bits per heavy atom. The van der Waals surface area contributed by atoms with E-state index in [0.29, 0.717) is 18.7 Å². The molecule has 1 rings (SSSR count). The van der Waals surface area contributed by atoms with Crippen LogP contribution in [-0.4, -0.2) is 25.6 Å². The van der Waals surface area contributed by atoms with Gasteiger partial charge in [0.25, 0.3) is 0 Å². The molecule has 0 fully saturated rings. The first-order valence-electron chi connectivity index (χ1n) is 6.02. The van der Waals surface area contributed by atoms with Gasteiger partial charge in [0.1, 0.15) is 5.75 Å². The third-order valence-electron chi connectivity index (χ3n) is 2.55. The zero-order chi connectivity index (χ0) is 14.3. The van der Waals surface area contributed by atoms with Crippen LogP contribution in [0.1, 0.15) is 25.5 Å². The number of alkyl halides is 2. The lowest BCUT2D eigenvalue weighted by molar-refractivity contribution is -0.118. The summed E-state index contributed by atoms with van der Waals surface area (Å²) in [5, 5.41) is 5.77. The summed E-state index contributed by atoms with van der Waals surface area (Å²) >= 11 is 0. The van der Waals surface area contributed by atoms with Gasteiger partial charge in [-0.05, 0) is 13.0 Å². The summed E-state index contributed by atoms with van der Waals surface area (Å²) in [6.45, 7) is 1.48. The quantitative estimate of drug-likeness (QED) is 0.747. The van der Waals surface area contributed by atoms with Gasteiger partial charge in [0.05, 0.1) is 0 Å². The van der Waals surface area contributed by atoms with Crippen molar-refractivity contribution in [3.05, 3.63) is 29.8 Å². The van der Waals surface area contributed by atoms with Crippen LogP contribution < -0.4 is 15.4 Å². The van der Waals surface area contributed by atoms with E-state index in [1.165, 1.54) is 13.0 Å². The summed E-state index contributed by atoms with van der Waals surface area (Å²) in [5.74, 6) is 0.0629. The summed E-state index contributed by atoms with van der Waals surface area (Å²) in [7, 11) is 0. The first-order chi connectivity index (χ1) is 9.00. The maximum atomic E-state index is 12.3. The molecule has 0 saturated carbocycles. The summed E-state index contributed by atoms with van der Waals surface area (Å²) < 4.78 is 29.0. The van der Waals surface area contributed by atoms with E-state index in [2.05, 4.69) is 15.4 Å². The molecule has 0 aliphatic rings. The molecule has 0 radical (unpaired) electrons. The van der Waals surface area contributed by atoms with Crippen LogP contribution in [0.5, 0.6) is 5.75 Å². The molecule has 1 amide bonds. The lowest BCUT2D eigenvalue weighted by Gasteiger charge is -2.18. The predicted octanol–water partition coefficient (Wildman–Crippen LogP) is 2.07. The van der Waals surface area contributed by atoms with Gasteiger partial charge in [0, 0.05) is 31.6 Å². The van der Waals surface area contributed by atoms with Gasteiger partial charge in [-0.1, -0.05) is 18.2 Å². The Bertz CT molecular complexity index is 413. The lowest BCUT2D eigenvalue weighted by atomic mass is 10.1. The number of para-hydroxylation sites is 1. The molecule has 19 heavy (non-hydrogen) atoms. The summed E-state index contributed by atoms with van der Waals surface area (Å²) in [6, 6.07) is 6.50. The van der Waals surface area contributed by atoms with Gasteiger partial charge >= 0.3 is 6.61 Å². The third kappa shape index (κ3) is 5.65. The van der Waals surface area contributed by atoms with Crippen molar-refractivity contribution in [2.24, 2.45) is 0 Å². The summed E-state index contributed by atoms with van der Waals surface area (Å²) in [6.07, 6.45) is 0. The van der Waals surface area contributed by atoms with Gasteiger partial charge in [0.2, 0.25) is 5.91 Å². The Balaban J connectivity index is 2.55. The number of carbonyl (C=O) groups is 1. The number of carbonyl (C=O) groups excluding carboxylic acids is 1. The average Bonchev–Trinajstić information content (AvgIpc) is 2.34. The molecule has 106 valence electrons. The highest BCUT2D eigenvalue weighted by molar-refractivity contribution is 5.72. The van der Waals surface area contributed by atoms with Crippen LogP contribution in [0.4, 0.5) is 8.78 Å². The van der Waals surface area contributed by atoms with Crippen LogP contribution in [0, 0.1) is 0 Å². The molecule has 1 unspecified atom stereocenters. The van der Waals surface area contributed by atoms with E-state index in [9.17, 15) is 13.6 Å². The van der Waals surface area contributed by atoms with Crippen LogP contribution in [0.2, 0.25) is 0 Å². The zero-order valence-electron chi connectivity index (χ0n) is 11.0. The highest BCUT2D eigenvalue weighted by Crippen LogP contribution is 2.25. The minimum atomic E-state index is -2.84. The Kier molecular flexibility index (Phi) is 6.21. The van der Waals surface area contributed by atoms with Crippen LogP contribution in [0.25, 0.3) is 0 Å². The molecular formula is C13H18F2N2O2. The second-order valence-corrected chi connectivity index (χ2v) is 4.08. The first kappa shape index (κ1) is 15.4. The smallest absolute Gasteiger partial charge is 0.387 e. The standard InChI is InChI=1S/C13H18F2N2O2/c1-9(16-7-8-17-10(2)18)11-5-3-4-6-12(11)19-13(14)15/h3-6,9,13,16H,7-8H2,1-2H3,(H,17,18). The normalized spacial score (nSPS) is 12.3. The molecule has 0 bridgehead atoms. The molecule has 0 aromatic heterocycles. The first-order valence-corrected chi connectivity index (χ1v) is 6.02. The van der Waals surface area contributed by atoms with Gasteiger partial charge in [0.15, 0.2) is 0 Å². The Morgan fingerprint density at radius 3 is 2.63 bits per heavy atom. The fourth-order valence-electron chi connectivity index (χ4n) is 1.68. The number of hydrogen-bond acceptors (Lipinski definition) is 3. The van der Waals surface area contributed by atoms with Gasteiger partial charge in [-0.25, -0.2) is 0 Å². The third-order valence-corrected chi connectivity index (χ3v) is 2.55. The number of halogens is 2. The van der Waals surface area contributed by atoms with E-state index in [0.717, 1.165) is 0 Å². The number of ether oxygens (including phenoxy) is 1. The molecule has 1 aromatic rings. The van der Waals surface area contributed by atoms with Gasteiger partial charge in [-0.2, -0.15) is 8.78 Å². The fraction of sp³-hybridized carbons (Fsp3) is 0.462. The van der Waals surface area contributed by atoms with E-state index >= 15 is 0 Å². The molecule has 0 aliphatic carbocycles. The highest BCUT2D eigenvalue weighted by atomic mass is 19.3. The van der Waals surface area contributed by atoms with E-state index in [1.807, 2.05) is 6.92 Å². The fourth-order valence-corrected chi connectivity index (χ4v) is 1.68. The number of benzene rings is 1. The van der Waals surface area contributed by atoms with E-state index in [-0.39, 0.29) is 17.7 Å². The molecule has 0 aliphatic heterocycles. The monoisotopic (exact) mass is 272 g/mol. The zero-order valence-corrected chi connectivity index (χ0v) is 11.0. The molecule has 0 spiro atoms. The predicted molar refractivity (Wildman–Crippen MR) is 68.2 cm³/mol. The lowest BCUT2D eigenvalue weighted by Crippen LogP contribution is -2.31. The van der Waals surface area contributed by atoms with Crippen molar-refractivity contribution in [2.75, 3.05) is 13.1 Å². The summed E-state index contributed by atoms with van der Waals surface area (Å²) in [5.41, 5.74) is 0.658. The van der Waals surface area contributed by atoms with E-state index in [1.54, 1.807) is 18.2 Å². The van der Waals surface area contributed by atoms with Gasteiger partial charge < -0.3 is 15.4 Å². The Hall–Kier alpha value is -1.69. The largest absolute Gasteiger partial charge is 0.434 e. The van der Waals surface area contributed by atoms with E-state index < -0.39 is 6.61 Å². The van der Waals surface area contributed by atoms with Crippen molar-refractivity contribution in [2.45, 2.75) is 26.5 Å². The van der Waals surface area contributed by atoms with Gasteiger partial charge in [-0.3, -0.25) is 4.79 Å². The molecule has 1 atom stereocenters. The highest BCUT2D eigenvalue weighted by Gasteiger charge is 2.13.